The van der Waals surface area contributed by atoms with E-state index in [0.717, 1.165) is 18.5 Å². The maximum absolute atomic E-state index is 11.1. The van der Waals surface area contributed by atoms with Gasteiger partial charge in [0.05, 0.1) is 11.0 Å². The molecule has 0 aliphatic rings. The number of non-ortho nitro benzene ring substituents is 1. The number of hydrogen-bond acceptors (Lipinski definition) is 5. The number of anilines is 1. The number of nitrogens with zero attached hydrogens (tertiary/aromatic N) is 2. The molecule has 0 bridgehead atoms. The highest BCUT2D eigenvalue weighted by atomic mass is 16.6. The molecule has 1 heterocycles. The van der Waals surface area contributed by atoms with Crippen LogP contribution in [0.3, 0.4) is 0 Å². The van der Waals surface area contributed by atoms with E-state index in [9.17, 15) is 15.2 Å². The van der Waals surface area contributed by atoms with Crippen LogP contribution in [-0.4, -0.2) is 27.7 Å². The molecule has 1 unspecified atom stereocenters. The van der Waals surface area contributed by atoms with E-state index in [0.29, 0.717) is 23.1 Å². The Kier molecular flexibility index (Phi) is 4.70. The number of fused-ring (bicyclic) bond motifs is 1. The van der Waals surface area contributed by atoms with Crippen LogP contribution in [0.5, 0.6) is 0 Å². The van der Waals surface area contributed by atoms with Gasteiger partial charge in [-0.25, -0.2) is 4.98 Å². The Morgan fingerprint density at radius 3 is 2.90 bits per heavy atom. The van der Waals surface area contributed by atoms with Crippen molar-refractivity contribution in [2.45, 2.75) is 32.8 Å². The molecule has 6 nitrogen and oxygen atoms in total. The number of aliphatic hydroxyl groups excluding tert-OH is 1. The predicted octanol–water partition coefficient (Wildman–Crippen LogP) is 3.02. The first kappa shape index (κ1) is 15.2. The smallest absolute Gasteiger partial charge is 0.295 e. The minimum Gasteiger partial charge on any atom is -0.391 e. The van der Waals surface area contributed by atoms with Gasteiger partial charge in [0, 0.05) is 29.4 Å². The Morgan fingerprint density at radius 1 is 1.48 bits per heavy atom. The molecule has 1 atom stereocenters. The molecule has 2 N–H and O–H groups in total. The monoisotopic (exact) mass is 289 g/mol. The summed E-state index contributed by atoms with van der Waals surface area (Å²) in [5.41, 5.74) is 1.82. The van der Waals surface area contributed by atoms with Crippen molar-refractivity contribution in [2.75, 3.05) is 11.9 Å². The van der Waals surface area contributed by atoms with Gasteiger partial charge in [0.25, 0.3) is 5.69 Å². The standard InChI is InChI=1S/C15H19N3O3/c1-3-5-11(19)9-16-13-8-10(2)17-15-12(13)6-4-7-14(15)18(20)21/h4,6-8,11,19H,3,5,9H2,1-2H3,(H,16,17). The normalized spacial score (nSPS) is 12.3. The number of nitro benzene ring substituents is 1. The molecule has 0 radical (unpaired) electrons. The lowest BCUT2D eigenvalue weighted by molar-refractivity contribution is -0.383. The van der Waals surface area contributed by atoms with Gasteiger partial charge in [-0.1, -0.05) is 25.5 Å². The maximum atomic E-state index is 11.1. The largest absolute Gasteiger partial charge is 0.391 e. The zero-order valence-electron chi connectivity index (χ0n) is 12.2. The quantitative estimate of drug-likeness (QED) is 0.630. The van der Waals surface area contributed by atoms with Gasteiger partial charge in [-0.05, 0) is 19.4 Å². The SMILES string of the molecule is CCCC(O)CNc1cc(C)nc2c([N+](=O)[O-])cccc12. The van der Waals surface area contributed by atoms with Gasteiger partial charge in [-0.3, -0.25) is 10.1 Å². The summed E-state index contributed by atoms with van der Waals surface area (Å²) < 4.78 is 0. The fourth-order valence-electron chi connectivity index (χ4n) is 2.32. The number of aromatic nitrogens is 1. The molecule has 0 spiro atoms. The van der Waals surface area contributed by atoms with Gasteiger partial charge in [-0.2, -0.15) is 0 Å². The Hall–Kier alpha value is -2.21. The van der Waals surface area contributed by atoms with Crippen molar-refractivity contribution in [2.24, 2.45) is 0 Å². The number of benzene rings is 1. The summed E-state index contributed by atoms with van der Waals surface area (Å²) in [4.78, 5) is 14.9. The second-order valence-corrected chi connectivity index (χ2v) is 5.07. The Bertz CT molecular complexity index is 658. The number of aryl methyl sites for hydroxylation is 1. The molecule has 6 heteroatoms. The molecule has 0 saturated carbocycles. The third-order valence-electron chi connectivity index (χ3n) is 3.29. The molecule has 0 saturated heterocycles. The highest BCUT2D eigenvalue weighted by Gasteiger charge is 2.15. The predicted molar refractivity (Wildman–Crippen MR) is 82.5 cm³/mol. The lowest BCUT2D eigenvalue weighted by atomic mass is 10.1. The van der Waals surface area contributed by atoms with E-state index in [2.05, 4.69) is 10.3 Å². The number of nitrogens with one attached hydrogen (secondary N) is 1. The van der Waals surface area contributed by atoms with Crippen LogP contribution in [0.2, 0.25) is 0 Å². The molecule has 2 rings (SSSR count). The molecule has 0 fully saturated rings. The van der Waals surface area contributed by atoms with Gasteiger partial charge >= 0.3 is 0 Å². The summed E-state index contributed by atoms with van der Waals surface area (Å²) in [5.74, 6) is 0. The molecule has 1 aromatic heterocycles. The van der Waals surface area contributed by atoms with Gasteiger partial charge in [0.2, 0.25) is 0 Å². The summed E-state index contributed by atoms with van der Waals surface area (Å²) in [6.07, 6.45) is 1.19. The number of aliphatic hydroxyl groups is 1. The first-order chi connectivity index (χ1) is 10.0. The topological polar surface area (TPSA) is 88.3 Å². The molecular formula is C15H19N3O3. The van der Waals surface area contributed by atoms with Crippen molar-refractivity contribution in [1.82, 2.24) is 4.98 Å². The fourth-order valence-corrected chi connectivity index (χ4v) is 2.32. The van der Waals surface area contributed by atoms with Crippen LogP contribution in [0.4, 0.5) is 11.4 Å². The first-order valence-corrected chi connectivity index (χ1v) is 6.99. The average molecular weight is 289 g/mol. The second-order valence-electron chi connectivity index (χ2n) is 5.07. The highest BCUT2D eigenvalue weighted by molar-refractivity contribution is 5.96. The summed E-state index contributed by atoms with van der Waals surface area (Å²) >= 11 is 0. The molecule has 21 heavy (non-hydrogen) atoms. The van der Waals surface area contributed by atoms with E-state index in [1.165, 1.54) is 6.07 Å². The Morgan fingerprint density at radius 2 is 2.24 bits per heavy atom. The van der Waals surface area contributed by atoms with Crippen molar-refractivity contribution in [3.8, 4) is 0 Å². The summed E-state index contributed by atoms with van der Waals surface area (Å²) in [6, 6.07) is 6.73. The van der Waals surface area contributed by atoms with Crippen molar-refractivity contribution in [1.29, 1.82) is 0 Å². The maximum Gasteiger partial charge on any atom is 0.295 e. The Balaban J connectivity index is 2.40. The Labute approximate surface area is 123 Å². The van der Waals surface area contributed by atoms with Crippen LogP contribution in [0, 0.1) is 17.0 Å². The summed E-state index contributed by atoms with van der Waals surface area (Å²) in [5, 5.41) is 24.8. The number of hydrogen-bond donors (Lipinski definition) is 2. The van der Waals surface area contributed by atoms with Gasteiger partial charge in [0.1, 0.15) is 0 Å². The molecule has 0 amide bonds. The molecule has 2 aromatic rings. The average Bonchev–Trinajstić information content (AvgIpc) is 2.44. The number of rotatable bonds is 6. The minimum atomic E-state index is -0.433. The van der Waals surface area contributed by atoms with Crippen LogP contribution in [0.25, 0.3) is 10.9 Å². The molecule has 112 valence electrons. The molecule has 0 aliphatic heterocycles. The number of pyridine rings is 1. The first-order valence-electron chi connectivity index (χ1n) is 6.99. The van der Waals surface area contributed by atoms with Gasteiger partial charge < -0.3 is 10.4 Å². The minimum absolute atomic E-state index is 0.00615. The van der Waals surface area contributed by atoms with E-state index in [4.69, 9.17) is 0 Å². The zero-order valence-corrected chi connectivity index (χ0v) is 12.2. The van der Waals surface area contributed by atoms with Crippen LogP contribution < -0.4 is 5.32 Å². The third-order valence-corrected chi connectivity index (χ3v) is 3.29. The highest BCUT2D eigenvalue weighted by Crippen LogP contribution is 2.29. The van der Waals surface area contributed by atoms with Crippen molar-refractivity contribution in [3.63, 3.8) is 0 Å². The molecule has 0 aliphatic carbocycles. The summed E-state index contributed by atoms with van der Waals surface area (Å²) in [6.45, 7) is 4.22. The van der Waals surface area contributed by atoms with Crippen LogP contribution in [0.1, 0.15) is 25.5 Å². The van der Waals surface area contributed by atoms with E-state index >= 15 is 0 Å². The van der Waals surface area contributed by atoms with Crippen LogP contribution in [-0.2, 0) is 0 Å². The fraction of sp³-hybridized carbons (Fsp3) is 0.400. The van der Waals surface area contributed by atoms with Crippen molar-refractivity contribution < 1.29 is 10.0 Å². The zero-order chi connectivity index (χ0) is 15.4. The van der Waals surface area contributed by atoms with Crippen molar-refractivity contribution >= 4 is 22.3 Å². The van der Waals surface area contributed by atoms with Gasteiger partial charge in [-0.15, -0.1) is 0 Å². The van der Waals surface area contributed by atoms with Gasteiger partial charge in [0.15, 0.2) is 5.52 Å². The van der Waals surface area contributed by atoms with Crippen molar-refractivity contribution in [3.05, 3.63) is 40.1 Å². The molecular weight excluding hydrogens is 270 g/mol. The van der Waals surface area contributed by atoms with Crippen LogP contribution in [0.15, 0.2) is 24.3 Å². The molecule has 1 aromatic carbocycles. The number of nitro groups is 1. The van der Waals surface area contributed by atoms with E-state index in [-0.39, 0.29) is 5.69 Å². The van der Waals surface area contributed by atoms with E-state index < -0.39 is 11.0 Å². The van der Waals surface area contributed by atoms with Crippen LogP contribution >= 0.6 is 0 Å². The third kappa shape index (κ3) is 3.46. The second kappa shape index (κ2) is 6.49. The number of para-hydroxylation sites is 1. The lowest BCUT2D eigenvalue weighted by Crippen LogP contribution is -2.19. The lowest BCUT2D eigenvalue weighted by Gasteiger charge is -2.14. The summed E-state index contributed by atoms with van der Waals surface area (Å²) in [7, 11) is 0. The van der Waals surface area contributed by atoms with E-state index in [1.807, 2.05) is 13.0 Å². The van der Waals surface area contributed by atoms with E-state index in [1.54, 1.807) is 19.1 Å².